The highest BCUT2D eigenvalue weighted by Gasteiger charge is 2.11. The Morgan fingerprint density at radius 2 is 2.05 bits per heavy atom. The van der Waals surface area contributed by atoms with E-state index in [0.717, 1.165) is 20.5 Å². The van der Waals surface area contributed by atoms with Crippen LogP contribution in [-0.4, -0.2) is 16.1 Å². The Kier molecular flexibility index (Phi) is 4.38. The molecule has 3 rings (SSSR count). The first-order valence-corrected chi connectivity index (χ1v) is 8.92. The van der Waals surface area contributed by atoms with Gasteiger partial charge in [-0.15, -0.1) is 34.4 Å². The van der Waals surface area contributed by atoms with E-state index >= 15 is 0 Å². The third kappa shape index (κ3) is 3.34. The van der Waals surface area contributed by atoms with Gasteiger partial charge < -0.3 is 5.11 Å². The van der Waals surface area contributed by atoms with Gasteiger partial charge in [0.25, 0.3) is 0 Å². The lowest BCUT2D eigenvalue weighted by Crippen LogP contribution is -1.98. The predicted octanol–water partition coefficient (Wildman–Crippen LogP) is 4.86. The molecule has 0 radical (unpaired) electrons. The quantitative estimate of drug-likeness (QED) is 0.677. The molecule has 0 saturated carbocycles. The predicted molar refractivity (Wildman–Crippen MR) is 88.4 cm³/mol. The van der Waals surface area contributed by atoms with Gasteiger partial charge in [0, 0.05) is 10.3 Å². The Morgan fingerprint density at radius 1 is 1.19 bits per heavy atom. The minimum atomic E-state index is -0.892. The molecule has 0 spiro atoms. The van der Waals surface area contributed by atoms with Gasteiger partial charge in [0.15, 0.2) is 0 Å². The topological polar surface area (TPSA) is 50.2 Å². The number of carboxylic acids is 1. The maximum absolute atomic E-state index is 11.2. The van der Waals surface area contributed by atoms with E-state index in [0.29, 0.717) is 11.3 Å². The molecule has 3 nitrogen and oxygen atoms in total. The summed E-state index contributed by atoms with van der Waals surface area (Å²) >= 11 is 4.79. The van der Waals surface area contributed by atoms with Crippen LogP contribution in [0.4, 0.5) is 0 Å². The number of nitrogens with zero attached hydrogens (tertiary/aromatic N) is 1. The van der Waals surface area contributed by atoms with Crippen LogP contribution in [0.1, 0.15) is 15.4 Å². The highest BCUT2D eigenvalue weighted by atomic mass is 32.2. The summed E-state index contributed by atoms with van der Waals surface area (Å²) in [6.45, 7) is 0. The number of rotatable bonds is 5. The number of carbonyl (C=O) groups is 1. The molecule has 3 aromatic rings. The maximum atomic E-state index is 11.2. The van der Waals surface area contributed by atoms with Crippen molar-refractivity contribution < 1.29 is 9.90 Å². The lowest BCUT2D eigenvalue weighted by Gasteiger charge is -2.03. The molecule has 0 bridgehead atoms. The van der Waals surface area contributed by atoms with Crippen LogP contribution in [0, 0.1) is 0 Å². The number of aromatic carboxylic acids is 1. The van der Waals surface area contributed by atoms with E-state index in [9.17, 15) is 4.79 Å². The Bertz CT molecular complexity index is 750. The molecule has 0 saturated heterocycles. The van der Waals surface area contributed by atoms with E-state index in [1.54, 1.807) is 34.8 Å². The van der Waals surface area contributed by atoms with Crippen LogP contribution in [0.25, 0.3) is 10.6 Å². The molecule has 1 aromatic carbocycles. The summed E-state index contributed by atoms with van der Waals surface area (Å²) in [5.74, 6) is -0.211. The standard InChI is InChI=1S/C15H11NO2S3/c17-15(18)10-4-1-2-5-12(10)20-9-14-16-11(8-21-14)13-6-3-7-19-13/h1-8H,9H2,(H,17,18). The van der Waals surface area contributed by atoms with Gasteiger partial charge in [-0.2, -0.15) is 0 Å². The van der Waals surface area contributed by atoms with Crippen molar-refractivity contribution in [1.82, 2.24) is 4.98 Å². The average molecular weight is 333 g/mol. The van der Waals surface area contributed by atoms with Crippen LogP contribution in [0.15, 0.2) is 52.1 Å². The minimum absolute atomic E-state index is 0.345. The van der Waals surface area contributed by atoms with E-state index < -0.39 is 5.97 Å². The number of hydrogen-bond donors (Lipinski definition) is 1. The highest BCUT2D eigenvalue weighted by molar-refractivity contribution is 7.98. The highest BCUT2D eigenvalue weighted by Crippen LogP contribution is 2.31. The molecule has 21 heavy (non-hydrogen) atoms. The molecule has 1 N–H and O–H groups in total. The van der Waals surface area contributed by atoms with Crippen molar-refractivity contribution in [2.24, 2.45) is 0 Å². The third-order valence-corrected chi connectivity index (χ3v) is 5.80. The lowest BCUT2D eigenvalue weighted by molar-refractivity contribution is 0.0693. The van der Waals surface area contributed by atoms with Crippen molar-refractivity contribution in [3.05, 3.63) is 57.7 Å². The number of thioether (sulfide) groups is 1. The van der Waals surface area contributed by atoms with Gasteiger partial charge in [-0.3, -0.25) is 0 Å². The van der Waals surface area contributed by atoms with Crippen molar-refractivity contribution in [2.75, 3.05) is 0 Å². The molecule has 6 heteroatoms. The molecule has 2 aromatic heterocycles. The number of hydrogen-bond acceptors (Lipinski definition) is 5. The molecule has 0 aliphatic heterocycles. The summed E-state index contributed by atoms with van der Waals surface area (Å²) in [6, 6.07) is 11.1. The van der Waals surface area contributed by atoms with Gasteiger partial charge in [0.05, 0.1) is 21.9 Å². The minimum Gasteiger partial charge on any atom is -0.478 e. The fraction of sp³-hybridized carbons (Fsp3) is 0.0667. The summed E-state index contributed by atoms with van der Waals surface area (Å²) in [7, 11) is 0. The van der Waals surface area contributed by atoms with Gasteiger partial charge in [-0.05, 0) is 23.6 Å². The SMILES string of the molecule is O=C(O)c1ccccc1SCc1nc(-c2cccs2)cs1. The maximum Gasteiger partial charge on any atom is 0.336 e. The number of thiazole rings is 1. The van der Waals surface area contributed by atoms with Gasteiger partial charge in [-0.1, -0.05) is 18.2 Å². The summed E-state index contributed by atoms with van der Waals surface area (Å²) < 4.78 is 0. The Balaban J connectivity index is 1.73. The zero-order valence-electron chi connectivity index (χ0n) is 10.9. The van der Waals surface area contributed by atoms with Crippen molar-refractivity contribution >= 4 is 40.4 Å². The third-order valence-electron chi connectivity index (χ3n) is 2.79. The second-order valence-electron chi connectivity index (χ2n) is 4.19. The Labute approximate surface area is 134 Å². The van der Waals surface area contributed by atoms with Crippen molar-refractivity contribution in [2.45, 2.75) is 10.6 Å². The van der Waals surface area contributed by atoms with E-state index in [4.69, 9.17) is 5.11 Å². The molecular formula is C15H11NO2S3. The van der Waals surface area contributed by atoms with E-state index in [1.807, 2.05) is 29.0 Å². The van der Waals surface area contributed by atoms with Crippen LogP contribution in [0.3, 0.4) is 0 Å². The first-order chi connectivity index (χ1) is 10.2. The number of aromatic nitrogens is 1. The van der Waals surface area contributed by atoms with Crippen LogP contribution in [-0.2, 0) is 5.75 Å². The van der Waals surface area contributed by atoms with Crippen molar-refractivity contribution in [1.29, 1.82) is 0 Å². The molecule has 2 heterocycles. The second-order valence-corrected chi connectivity index (χ2v) is 7.10. The molecule has 106 valence electrons. The molecule has 0 amide bonds. The molecule has 0 unspecified atom stereocenters. The molecular weight excluding hydrogens is 322 g/mol. The Morgan fingerprint density at radius 3 is 2.81 bits per heavy atom. The second kappa shape index (κ2) is 6.43. The van der Waals surface area contributed by atoms with Crippen LogP contribution >= 0.6 is 34.4 Å². The summed E-state index contributed by atoms with van der Waals surface area (Å²) in [5, 5.41) is 14.3. The van der Waals surface area contributed by atoms with E-state index in [1.165, 1.54) is 11.8 Å². The normalized spacial score (nSPS) is 10.7. The Hall–Kier alpha value is -1.63. The van der Waals surface area contributed by atoms with Gasteiger partial charge in [-0.25, -0.2) is 9.78 Å². The fourth-order valence-corrected chi connectivity index (χ4v) is 4.44. The summed E-state index contributed by atoms with van der Waals surface area (Å²) in [4.78, 5) is 17.7. The monoisotopic (exact) mass is 333 g/mol. The van der Waals surface area contributed by atoms with E-state index in [2.05, 4.69) is 11.1 Å². The summed E-state index contributed by atoms with van der Waals surface area (Å²) in [5.41, 5.74) is 1.34. The number of benzene rings is 1. The molecule has 0 aliphatic rings. The van der Waals surface area contributed by atoms with Crippen LogP contribution in [0.2, 0.25) is 0 Å². The lowest BCUT2D eigenvalue weighted by atomic mass is 10.2. The molecule has 0 atom stereocenters. The summed E-state index contributed by atoms with van der Waals surface area (Å²) in [6.07, 6.45) is 0. The first-order valence-electron chi connectivity index (χ1n) is 6.17. The van der Waals surface area contributed by atoms with Crippen LogP contribution < -0.4 is 0 Å². The van der Waals surface area contributed by atoms with Crippen molar-refractivity contribution in [3.63, 3.8) is 0 Å². The van der Waals surface area contributed by atoms with Gasteiger partial charge >= 0.3 is 5.97 Å². The zero-order chi connectivity index (χ0) is 14.7. The molecule has 0 fully saturated rings. The molecule has 0 aliphatic carbocycles. The fourth-order valence-electron chi connectivity index (χ4n) is 1.82. The van der Waals surface area contributed by atoms with Crippen LogP contribution in [0.5, 0.6) is 0 Å². The average Bonchev–Trinajstić information content (AvgIpc) is 3.16. The number of thiophene rings is 1. The van der Waals surface area contributed by atoms with E-state index in [-0.39, 0.29) is 0 Å². The zero-order valence-corrected chi connectivity index (χ0v) is 13.3. The van der Waals surface area contributed by atoms with Gasteiger partial charge in [0.2, 0.25) is 0 Å². The largest absolute Gasteiger partial charge is 0.478 e. The smallest absolute Gasteiger partial charge is 0.336 e. The van der Waals surface area contributed by atoms with Crippen molar-refractivity contribution in [3.8, 4) is 10.6 Å². The first kappa shape index (κ1) is 14.3. The number of carboxylic acid groups (broad SMARTS) is 1. The van der Waals surface area contributed by atoms with Gasteiger partial charge in [0.1, 0.15) is 5.01 Å².